The number of piperidine rings is 1. The Morgan fingerprint density at radius 1 is 1.15 bits per heavy atom. The second-order valence-corrected chi connectivity index (χ2v) is 9.30. The lowest BCUT2D eigenvalue weighted by atomic mass is 9.97. The molecule has 3 heterocycles. The first-order valence-corrected chi connectivity index (χ1v) is 10.8. The predicted octanol–water partition coefficient (Wildman–Crippen LogP) is 2.98. The molecule has 2 aromatic heterocycles. The molecule has 5 rings (SSSR count). The zero-order valence-corrected chi connectivity index (χ0v) is 16.0. The van der Waals surface area contributed by atoms with Crippen molar-refractivity contribution in [2.75, 3.05) is 13.1 Å². The third kappa shape index (κ3) is 3.49. The maximum absolute atomic E-state index is 12.3. The van der Waals surface area contributed by atoms with Gasteiger partial charge < -0.3 is 0 Å². The number of aryl methyl sites for hydroxylation is 2. The van der Waals surface area contributed by atoms with Gasteiger partial charge in [-0.2, -0.15) is 5.10 Å². The van der Waals surface area contributed by atoms with E-state index in [9.17, 15) is 4.79 Å². The van der Waals surface area contributed by atoms with Gasteiger partial charge in [-0.1, -0.05) is 0 Å². The first-order valence-electron chi connectivity index (χ1n) is 10.0. The molecule has 0 unspecified atom stereocenters. The first-order chi connectivity index (χ1) is 12.7. The van der Waals surface area contributed by atoms with Crippen LogP contribution in [0.1, 0.15) is 59.2 Å². The molecule has 6 heteroatoms. The average molecular weight is 371 g/mol. The van der Waals surface area contributed by atoms with E-state index < -0.39 is 0 Å². The van der Waals surface area contributed by atoms with Crippen LogP contribution in [0.25, 0.3) is 0 Å². The number of rotatable bonds is 5. The van der Waals surface area contributed by atoms with Gasteiger partial charge in [0.25, 0.3) is 5.56 Å². The Balaban J connectivity index is 1.16. The lowest BCUT2D eigenvalue weighted by Crippen LogP contribution is -2.36. The zero-order chi connectivity index (χ0) is 17.5. The van der Waals surface area contributed by atoms with Gasteiger partial charge in [0.1, 0.15) is 0 Å². The number of aromatic nitrogens is 3. The average Bonchev–Trinajstić information content (AvgIpc) is 3.23. The van der Waals surface area contributed by atoms with Crippen molar-refractivity contribution in [2.24, 2.45) is 5.92 Å². The van der Waals surface area contributed by atoms with Gasteiger partial charge in [-0.25, -0.2) is 9.67 Å². The fourth-order valence-electron chi connectivity index (χ4n) is 4.28. The molecule has 0 bridgehead atoms. The lowest BCUT2D eigenvalue weighted by Gasteiger charge is -2.31. The topological polar surface area (TPSA) is 51.0 Å². The second kappa shape index (κ2) is 6.89. The maximum Gasteiger partial charge on any atom is 0.267 e. The fraction of sp³-hybridized carbons (Fsp3) is 0.650. The van der Waals surface area contributed by atoms with E-state index in [0.717, 1.165) is 69.9 Å². The minimum atomic E-state index is 0.0883. The van der Waals surface area contributed by atoms with Crippen molar-refractivity contribution in [1.82, 2.24) is 19.7 Å². The monoisotopic (exact) mass is 370 g/mol. The summed E-state index contributed by atoms with van der Waals surface area (Å²) in [6.07, 6.45) is 10.2. The van der Waals surface area contributed by atoms with E-state index in [0.29, 0.717) is 5.92 Å². The molecule has 2 aromatic rings. The Labute approximate surface area is 158 Å². The summed E-state index contributed by atoms with van der Waals surface area (Å²) in [4.78, 5) is 20.8. The van der Waals surface area contributed by atoms with E-state index in [2.05, 4.69) is 21.2 Å². The number of hydrogen-bond donors (Lipinski definition) is 0. The van der Waals surface area contributed by atoms with Crippen LogP contribution in [0.15, 0.2) is 17.1 Å². The first kappa shape index (κ1) is 16.6. The number of fused-ring (bicyclic) bond motifs is 1. The molecule has 26 heavy (non-hydrogen) atoms. The van der Waals surface area contributed by atoms with Gasteiger partial charge in [0, 0.05) is 36.1 Å². The van der Waals surface area contributed by atoms with Gasteiger partial charge in [0.15, 0.2) is 0 Å². The van der Waals surface area contributed by atoms with Crippen molar-refractivity contribution < 1.29 is 0 Å². The molecule has 1 aliphatic heterocycles. The van der Waals surface area contributed by atoms with Crippen molar-refractivity contribution in [1.29, 1.82) is 0 Å². The highest BCUT2D eigenvalue weighted by Crippen LogP contribution is 2.42. The third-order valence-corrected chi connectivity index (χ3v) is 7.18. The van der Waals surface area contributed by atoms with Crippen LogP contribution in [0.5, 0.6) is 0 Å². The molecule has 2 fully saturated rings. The quantitative estimate of drug-likeness (QED) is 0.812. The third-order valence-electron chi connectivity index (χ3n) is 6.04. The largest absolute Gasteiger partial charge is 0.298 e. The normalized spacial score (nSPS) is 21.2. The van der Waals surface area contributed by atoms with Gasteiger partial charge in [-0.05, 0) is 69.5 Å². The Morgan fingerprint density at radius 3 is 2.81 bits per heavy atom. The minimum absolute atomic E-state index is 0.0883. The van der Waals surface area contributed by atoms with E-state index in [4.69, 9.17) is 0 Å². The van der Waals surface area contributed by atoms with Crippen LogP contribution in [-0.4, -0.2) is 32.8 Å². The summed E-state index contributed by atoms with van der Waals surface area (Å²) in [6.45, 7) is 4.04. The number of thiazole rings is 1. The molecular formula is C20H26N4OS. The number of likely N-dealkylation sites (tertiary alicyclic amines) is 1. The van der Waals surface area contributed by atoms with Crippen molar-refractivity contribution in [2.45, 2.75) is 64.0 Å². The summed E-state index contributed by atoms with van der Waals surface area (Å²) in [5.41, 5.74) is 2.42. The van der Waals surface area contributed by atoms with Crippen molar-refractivity contribution >= 4 is 11.3 Å². The predicted molar refractivity (Wildman–Crippen MR) is 103 cm³/mol. The SMILES string of the molecule is O=c1cc2c(nn1CC1CCN(Cc3cnc(C4CC4)s3)CC1)CCC2. The Kier molecular flexibility index (Phi) is 4.41. The van der Waals surface area contributed by atoms with Crippen LogP contribution in [0.4, 0.5) is 0 Å². The molecule has 5 nitrogen and oxygen atoms in total. The Morgan fingerprint density at radius 2 is 2.00 bits per heavy atom. The summed E-state index contributed by atoms with van der Waals surface area (Å²) < 4.78 is 1.73. The summed E-state index contributed by atoms with van der Waals surface area (Å²) in [5.74, 6) is 1.33. The molecule has 0 amide bonds. The van der Waals surface area contributed by atoms with Crippen LogP contribution >= 0.6 is 11.3 Å². The van der Waals surface area contributed by atoms with Crippen molar-refractivity contribution in [3.05, 3.63) is 43.8 Å². The second-order valence-electron chi connectivity index (χ2n) is 8.15. The highest BCUT2D eigenvalue weighted by molar-refractivity contribution is 7.11. The standard InChI is InChI=1S/C20H26N4OS/c25-19-10-16-2-1-3-18(16)22-24(19)12-14-6-8-23(9-7-14)13-17-11-21-20(26-17)15-4-5-15/h10-11,14-15H,1-9,12-13H2. The molecule has 3 aliphatic rings. The van der Waals surface area contributed by atoms with E-state index in [1.807, 2.05) is 17.4 Å². The molecule has 0 atom stereocenters. The maximum atomic E-state index is 12.3. The summed E-state index contributed by atoms with van der Waals surface area (Å²) >= 11 is 1.91. The van der Waals surface area contributed by atoms with Crippen LogP contribution in [0, 0.1) is 5.92 Å². The smallest absolute Gasteiger partial charge is 0.267 e. The molecule has 1 saturated heterocycles. The van der Waals surface area contributed by atoms with Gasteiger partial charge in [-0.15, -0.1) is 11.3 Å². The van der Waals surface area contributed by atoms with E-state index in [1.54, 1.807) is 4.68 Å². The highest BCUT2D eigenvalue weighted by Gasteiger charge is 2.27. The molecule has 0 radical (unpaired) electrons. The molecule has 0 spiro atoms. The molecular weight excluding hydrogens is 344 g/mol. The van der Waals surface area contributed by atoms with Crippen molar-refractivity contribution in [3.63, 3.8) is 0 Å². The fourth-order valence-corrected chi connectivity index (χ4v) is 5.41. The zero-order valence-electron chi connectivity index (χ0n) is 15.2. The van der Waals surface area contributed by atoms with Gasteiger partial charge in [0.2, 0.25) is 0 Å². The van der Waals surface area contributed by atoms with Crippen LogP contribution in [0.3, 0.4) is 0 Å². The molecule has 0 N–H and O–H groups in total. The highest BCUT2D eigenvalue weighted by atomic mass is 32.1. The summed E-state index contributed by atoms with van der Waals surface area (Å²) in [7, 11) is 0. The van der Waals surface area contributed by atoms with Crippen LogP contribution < -0.4 is 5.56 Å². The van der Waals surface area contributed by atoms with E-state index >= 15 is 0 Å². The van der Waals surface area contributed by atoms with Gasteiger partial charge >= 0.3 is 0 Å². The molecule has 138 valence electrons. The Bertz CT molecular complexity index is 846. The molecule has 0 aromatic carbocycles. The minimum Gasteiger partial charge on any atom is -0.298 e. The number of hydrogen-bond acceptors (Lipinski definition) is 5. The van der Waals surface area contributed by atoms with E-state index in [1.165, 1.54) is 28.3 Å². The summed E-state index contributed by atoms with van der Waals surface area (Å²) in [6, 6.07) is 1.83. The van der Waals surface area contributed by atoms with Gasteiger partial charge in [0.05, 0.1) is 10.7 Å². The van der Waals surface area contributed by atoms with E-state index in [-0.39, 0.29) is 5.56 Å². The summed E-state index contributed by atoms with van der Waals surface area (Å²) in [5, 5.41) is 5.99. The van der Waals surface area contributed by atoms with Crippen molar-refractivity contribution in [3.8, 4) is 0 Å². The number of nitrogens with zero attached hydrogens (tertiary/aromatic N) is 4. The molecule has 1 saturated carbocycles. The molecule has 2 aliphatic carbocycles. The van der Waals surface area contributed by atoms with Crippen LogP contribution in [-0.2, 0) is 25.9 Å². The lowest BCUT2D eigenvalue weighted by molar-refractivity contribution is 0.164. The van der Waals surface area contributed by atoms with Crippen LogP contribution in [0.2, 0.25) is 0 Å². The van der Waals surface area contributed by atoms with Gasteiger partial charge in [-0.3, -0.25) is 9.69 Å². The Hall–Kier alpha value is -1.53.